The summed E-state index contributed by atoms with van der Waals surface area (Å²) in [5.41, 5.74) is 10.2. The lowest BCUT2D eigenvalue weighted by Gasteiger charge is -2.12. The summed E-state index contributed by atoms with van der Waals surface area (Å²) in [5.74, 6) is 0. The molecule has 0 unspecified atom stereocenters. The molecule has 0 aromatic carbocycles. The second-order valence-corrected chi connectivity index (χ2v) is 4.97. The van der Waals surface area contributed by atoms with Crippen LogP contribution in [0.3, 0.4) is 0 Å². The second kappa shape index (κ2) is 8.20. The molecule has 6 heteroatoms. The first kappa shape index (κ1) is 15.0. The summed E-state index contributed by atoms with van der Waals surface area (Å²) in [4.78, 5) is 0. The fourth-order valence-electron chi connectivity index (χ4n) is 0.697. The number of nitrogens with two attached hydrogens (primary N) is 2. The van der Waals surface area contributed by atoms with Crippen molar-refractivity contribution in [3.8, 4) is 0 Å². The van der Waals surface area contributed by atoms with Crippen LogP contribution < -0.4 is 11.5 Å². The van der Waals surface area contributed by atoms with Gasteiger partial charge in [-0.25, -0.2) is 0 Å². The van der Waals surface area contributed by atoms with Crippen LogP contribution in [-0.4, -0.2) is 35.0 Å². The van der Waals surface area contributed by atoms with E-state index in [2.05, 4.69) is 0 Å². The molecular weight excluding hydrogens is 212 g/mol. The van der Waals surface area contributed by atoms with Gasteiger partial charge in [0.25, 0.3) is 0 Å². The second-order valence-electron chi connectivity index (χ2n) is 3.39. The maximum absolute atomic E-state index is 5.24. The van der Waals surface area contributed by atoms with Crippen molar-refractivity contribution in [1.29, 1.82) is 0 Å². The van der Waals surface area contributed by atoms with Crippen molar-refractivity contribution in [2.45, 2.75) is 39.3 Å². The summed E-state index contributed by atoms with van der Waals surface area (Å²) < 4.78 is 15.7. The Morgan fingerprint density at radius 2 is 1.20 bits per heavy atom. The van der Waals surface area contributed by atoms with E-state index in [1.165, 1.54) is 0 Å². The van der Waals surface area contributed by atoms with Gasteiger partial charge in [0, 0.05) is 19.8 Å². The lowest BCUT2D eigenvalue weighted by Crippen LogP contribution is -2.32. The Morgan fingerprint density at radius 1 is 0.933 bits per heavy atom. The van der Waals surface area contributed by atoms with Gasteiger partial charge in [0.15, 0.2) is 0 Å². The van der Waals surface area contributed by atoms with Gasteiger partial charge in [-0.15, -0.1) is 0 Å². The minimum absolute atomic E-state index is 0.250. The molecule has 0 bridgehead atoms. The number of hydrogen-bond donors (Lipinski definition) is 2. The van der Waals surface area contributed by atoms with E-state index in [-0.39, 0.29) is 5.66 Å². The van der Waals surface area contributed by atoms with Gasteiger partial charge in [0.2, 0.25) is 0 Å². The van der Waals surface area contributed by atoms with Gasteiger partial charge in [-0.3, -0.25) is 0 Å². The van der Waals surface area contributed by atoms with Gasteiger partial charge in [0.05, 0.1) is 5.66 Å². The lowest BCUT2D eigenvalue weighted by molar-refractivity contribution is 0.107. The molecule has 0 amide bonds. The molecule has 1 fully saturated rings. The van der Waals surface area contributed by atoms with Crippen LogP contribution in [0.1, 0.15) is 33.6 Å². The van der Waals surface area contributed by atoms with E-state index in [4.69, 9.17) is 24.7 Å². The van der Waals surface area contributed by atoms with E-state index in [1.54, 1.807) is 0 Å². The Balaban J connectivity index is 0.000000322. The zero-order valence-electron chi connectivity index (χ0n) is 9.99. The molecule has 0 saturated heterocycles. The van der Waals surface area contributed by atoms with Crippen LogP contribution in [0, 0.1) is 0 Å². The third-order valence-corrected chi connectivity index (χ3v) is 3.55. The van der Waals surface area contributed by atoms with Gasteiger partial charge in [-0.2, -0.15) is 0 Å². The molecule has 0 aromatic heterocycles. The first-order valence-electron chi connectivity index (χ1n) is 5.48. The van der Waals surface area contributed by atoms with E-state index in [0.717, 1.165) is 12.8 Å². The Bertz CT molecular complexity index is 138. The average Bonchev–Trinajstić information content (AvgIpc) is 2.84. The fourth-order valence-corrected chi connectivity index (χ4v) is 1.80. The van der Waals surface area contributed by atoms with Crippen LogP contribution >= 0.6 is 0 Å². The Labute approximate surface area is 94.0 Å². The van der Waals surface area contributed by atoms with Gasteiger partial charge in [-0.05, 0) is 33.6 Å². The highest BCUT2D eigenvalue weighted by molar-refractivity contribution is 6.36. The van der Waals surface area contributed by atoms with Gasteiger partial charge >= 0.3 is 9.53 Å². The van der Waals surface area contributed by atoms with Gasteiger partial charge in [-0.1, -0.05) is 0 Å². The predicted molar refractivity (Wildman–Crippen MR) is 62.4 cm³/mol. The molecule has 15 heavy (non-hydrogen) atoms. The third-order valence-electron chi connectivity index (χ3n) is 1.74. The minimum Gasteiger partial charge on any atom is -0.376 e. The SMILES string of the molecule is CCO[SiH](OCC)OCC.NC1(N)CC1. The first-order chi connectivity index (χ1) is 7.05. The fraction of sp³-hybridized carbons (Fsp3) is 1.00. The number of hydrogen-bond acceptors (Lipinski definition) is 5. The van der Waals surface area contributed by atoms with E-state index >= 15 is 0 Å². The molecule has 0 atom stereocenters. The topological polar surface area (TPSA) is 79.7 Å². The molecule has 0 heterocycles. The summed E-state index contributed by atoms with van der Waals surface area (Å²) in [7, 11) is -1.73. The minimum atomic E-state index is -1.73. The van der Waals surface area contributed by atoms with Crippen molar-refractivity contribution in [3.05, 3.63) is 0 Å². The van der Waals surface area contributed by atoms with Crippen LogP contribution in [-0.2, 0) is 13.3 Å². The molecule has 1 rings (SSSR count). The molecule has 1 aliphatic rings. The summed E-state index contributed by atoms with van der Waals surface area (Å²) >= 11 is 0. The van der Waals surface area contributed by atoms with Crippen molar-refractivity contribution in [1.82, 2.24) is 0 Å². The van der Waals surface area contributed by atoms with Crippen molar-refractivity contribution in [2.24, 2.45) is 11.5 Å². The maximum Gasteiger partial charge on any atom is 0.484 e. The van der Waals surface area contributed by atoms with Crippen LogP contribution in [0.15, 0.2) is 0 Å². The third kappa shape index (κ3) is 10.3. The van der Waals surface area contributed by atoms with Crippen LogP contribution in [0.25, 0.3) is 0 Å². The number of rotatable bonds is 6. The largest absolute Gasteiger partial charge is 0.484 e. The summed E-state index contributed by atoms with van der Waals surface area (Å²) in [6.45, 7) is 7.86. The van der Waals surface area contributed by atoms with Crippen molar-refractivity contribution in [2.75, 3.05) is 19.8 Å². The summed E-state index contributed by atoms with van der Waals surface area (Å²) in [5, 5.41) is 0. The molecule has 0 aliphatic heterocycles. The van der Waals surface area contributed by atoms with Crippen molar-refractivity contribution in [3.63, 3.8) is 0 Å². The average molecular weight is 236 g/mol. The van der Waals surface area contributed by atoms with E-state index in [9.17, 15) is 0 Å². The Kier molecular flexibility index (Phi) is 8.21. The molecule has 92 valence electrons. The Hall–Kier alpha value is 0.0169. The zero-order valence-corrected chi connectivity index (χ0v) is 11.1. The maximum atomic E-state index is 5.24. The summed E-state index contributed by atoms with van der Waals surface area (Å²) in [6, 6.07) is 0. The van der Waals surface area contributed by atoms with Gasteiger partial charge < -0.3 is 24.7 Å². The van der Waals surface area contributed by atoms with Crippen LogP contribution in [0.4, 0.5) is 0 Å². The van der Waals surface area contributed by atoms with Crippen LogP contribution in [0.5, 0.6) is 0 Å². The molecular formula is C9H24N2O3Si. The molecule has 1 aliphatic carbocycles. The summed E-state index contributed by atoms with van der Waals surface area (Å²) in [6.07, 6.45) is 2.01. The van der Waals surface area contributed by atoms with E-state index in [0.29, 0.717) is 19.8 Å². The smallest absolute Gasteiger partial charge is 0.376 e. The quantitative estimate of drug-likeness (QED) is 0.509. The van der Waals surface area contributed by atoms with E-state index in [1.807, 2.05) is 20.8 Å². The molecule has 0 aromatic rings. The highest BCUT2D eigenvalue weighted by Gasteiger charge is 2.32. The molecule has 0 radical (unpaired) electrons. The molecule has 5 nitrogen and oxygen atoms in total. The molecule has 4 N–H and O–H groups in total. The zero-order chi connectivity index (χ0) is 11.7. The van der Waals surface area contributed by atoms with Crippen molar-refractivity contribution >= 4 is 9.53 Å². The lowest BCUT2D eigenvalue weighted by atomic mass is 10.6. The van der Waals surface area contributed by atoms with Gasteiger partial charge in [0.1, 0.15) is 0 Å². The monoisotopic (exact) mass is 236 g/mol. The van der Waals surface area contributed by atoms with Crippen LogP contribution in [0.2, 0.25) is 0 Å². The van der Waals surface area contributed by atoms with E-state index < -0.39 is 9.53 Å². The molecule has 0 spiro atoms. The highest BCUT2D eigenvalue weighted by atomic mass is 28.3. The Morgan fingerprint density at radius 3 is 1.33 bits per heavy atom. The highest BCUT2D eigenvalue weighted by Crippen LogP contribution is 2.24. The standard InChI is InChI=1S/C6H16O3Si.C3H8N2/c1-4-7-10(8-5-2)9-6-3;4-3(5)1-2-3/h10H,4-6H2,1-3H3;1-2,4-5H2. The van der Waals surface area contributed by atoms with Crippen molar-refractivity contribution < 1.29 is 13.3 Å². The molecule has 1 saturated carbocycles. The predicted octanol–water partition coefficient (Wildman–Crippen LogP) is 0.207. The first-order valence-corrected chi connectivity index (χ1v) is 6.89. The normalized spacial score (nSPS) is 17.2.